The summed E-state index contributed by atoms with van der Waals surface area (Å²) in [7, 11) is 0. The van der Waals surface area contributed by atoms with Gasteiger partial charge in [-0.3, -0.25) is 9.69 Å². The van der Waals surface area contributed by atoms with Crippen molar-refractivity contribution >= 4 is 29.1 Å². The summed E-state index contributed by atoms with van der Waals surface area (Å²) in [5, 5.41) is 4.18. The lowest BCUT2D eigenvalue weighted by molar-refractivity contribution is -0.173. The van der Waals surface area contributed by atoms with Crippen LogP contribution in [0.1, 0.15) is 80.0 Å². The van der Waals surface area contributed by atoms with Crippen LogP contribution in [0.4, 0.5) is 9.59 Å². The number of ether oxygens (including phenoxy) is 4. The summed E-state index contributed by atoms with van der Waals surface area (Å²) in [6, 6.07) is 13.6. The van der Waals surface area contributed by atoms with Gasteiger partial charge in [-0.25, -0.2) is 19.4 Å². The quantitative estimate of drug-likeness (QED) is 0.134. The molecule has 1 amide bonds. The lowest BCUT2D eigenvalue weighted by Crippen LogP contribution is -2.53. The number of amides is 1. The predicted octanol–water partition coefficient (Wildman–Crippen LogP) is 5.52. The molecule has 4 aliphatic rings. The first-order valence-electron chi connectivity index (χ1n) is 18.7. The van der Waals surface area contributed by atoms with Crippen LogP contribution in [-0.4, -0.2) is 69.3 Å². The third-order valence-electron chi connectivity index (χ3n) is 10.9. The number of carbonyl (C=O) groups excluding carboxylic acids is 3. The summed E-state index contributed by atoms with van der Waals surface area (Å²) in [6.07, 6.45) is -0.719. The Morgan fingerprint density at radius 1 is 0.963 bits per heavy atom. The van der Waals surface area contributed by atoms with Crippen molar-refractivity contribution in [2.24, 2.45) is 0 Å². The fourth-order valence-electron chi connectivity index (χ4n) is 8.14. The van der Waals surface area contributed by atoms with Gasteiger partial charge in [0.15, 0.2) is 0 Å². The zero-order valence-electron chi connectivity index (χ0n) is 31.4. The van der Waals surface area contributed by atoms with Gasteiger partial charge in [-0.05, 0) is 80.1 Å². The Morgan fingerprint density at radius 2 is 1.74 bits per heavy atom. The molecule has 6 heterocycles. The number of carbonyl (C=O) groups is 3. The molecular weight excluding hydrogens is 690 g/mol. The number of fused-ring (bicyclic) bond motifs is 6. The molecule has 0 aliphatic carbocycles. The van der Waals surface area contributed by atoms with Crippen molar-refractivity contribution in [3.8, 4) is 17.1 Å². The predicted molar refractivity (Wildman–Crippen MR) is 199 cm³/mol. The molecule has 0 spiro atoms. The highest BCUT2D eigenvalue weighted by molar-refractivity contribution is 5.91. The number of nitrogens with one attached hydrogen (secondary N) is 1. The lowest BCUT2D eigenvalue weighted by Gasteiger charge is -2.39. The van der Waals surface area contributed by atoms with Gasteiger partial charge in [0.2, 0.25) is 5.60 Å². The number of aryl methyl sites for hydroxylation is 1. The molecule has 1 saturated heterocycles. The van der Waals surface area contributed by atoms with Crippen LogP contribution in [0.15, 0.2) is 47.3 Å². The molecule has 1 unspecified atom stereocenters. The van der Waals surface area contributed by atoms with E-state index in [2.05, 4.69) is 28.4 Å². The molecule has 0 radical (unpaired) electrons. The second-order valence-corrected chi connectivity index (χ2v) is 15.4. The highest BCUT2D eigenvalue weighted by atomic mass is 16.7. The van der Waals surface area contributed by atoms with Gasteiger partial charge >= 0.3 is 18.2 Å². The van der Waals surface area contributed by atoms with E-state index in [4.69, 9.17) is 23.9 Å². The Hall–Kier alpha value is -5.27. The van der Waals surface area contributed by atoms with Crippen LogP contribution in [0.25, 0.3) is 22.3 Å². The van der Waals surface area contributed by atoms with E-state index in [-0.39, 0.29) is 30.7 Å². The molecule has 1 N–H and O–H groups in total. The highest BCUT2D eigenvalue weighted by Gasteiger charge is 2.51. The minimum atomic E-state index is -1.80. The molecule has 4 aliphatic heterocycles. The average molecular weight is 736 g/mol. The largest absolute Gasteiger partial charge is 0.514 e. The summed E-state index contributed by atoms with van der Waals surface area (Å²) in [5.74, 6) is -0.379. The molecular formula is C41H45N5O8. The van der Waals surface area contributed by atoms with Crippen LogP contribution in [-0.2, 0) is 63.8 Å². The smallest absolute Gasteiger partial charge is 0.457 e. The number of rotatable bonds is 6. The van der Waals surface area contributed by atoms with E-state index in [1.165, 1.54) is 16.7 Å². The SMILES string of the molecule is CCc1c2c(nc3ccc(OC(=O)OC(C)(C)C)cc13)-c1cc3c(c(=O)n1C2)COC(=O)C3(CC)OC(=O)N1CCN(Cc2ccc3c(c2)CNC3)CC1. The van der Waals surface area contributed by atoms with Crippen LogP contribution >= 0.6 is 0 Å². The number of hydrogen-bond acceptors (Lipinski definition) is 11. The van der Waals surface area contributed by atoms with Gasteiger partial charge in [-0.1, -0.05) is 32.0 Å². The van der Waals surface area contributed by atoms with E-state index < -0.39 is 29.4 Å². The molecule has 2 aromatic carbocycles. The van der Waals surface area contributed by atoms with Gasteiger partial charge in [0.25, 0.3) is 5.56 Å². The van der Waals surface area contributed by atoms with E-state index >= 15 is 0 Å². The fourth-order valence-corrected chi connectivity index (χ4v) is 8.14. The Bertz CT molecular complexity index is 2270. The topological polar surface area (TPSA) is 142 Å². The van der Waals surface area contributed by atoms with Gasteiger partial charge in [0, 0.05) is 62.3 Å². The molecule has 13 heteroatoms. The molecule has 0 bridgehead atoms. The Morgan fingerprint density at radius 3 is 2.48 bits per heavy atom. The summed E-state index contributed by atoms with van der Waals surface area (Å²) in [5.41, 5.74) is 5.35. The van der Waals surface area contributed by atoms with Crippen LogP contribution in [0, 0.1) is 0 Å². The number of pyridine rings is 2. The number of benzene rings is 2. The molecule has 54 heavy (non-hydrogen) atoms. The molecule has 13 nitrogen and oxygen atoms in total. The van der Waals surface area contributed by atoms with Crippen molar-refractivity contribution in [1.29, 1.82) is 0 Å². The summed E-state index contributed by atoms with van der Waals surface area (Å²) in [6.45, 7) is 13.9. The Kier molecular flexibility index (Phi) is 8.96. The van der Waals surface area contributed by atoms with Gasteiger partial charge in [0.1, 0.15) is 18.0 Å². The van der Waals surface area contributed by atoms with Crippen molar-refractivity contribution < 1.29 is 33.3 Å². The van der Waals surface area contributed by atoms with Crippen LogP contribution in [0.3, 0.4) is 0 Å². The van der Waals surface area contributed by atoms with E-state index in [9.17, 15) is 19.2 Å². The molecule has 2 aromatic heterocycles. The van der Waals surface area contributed by atoms with Crippen molar-refractivity contribution in [3.63, 3.8) is 0 Å². The van der Waals surface area contributed by atoms with Crippen molar-refractivity contribution in [2.75, 3.05) is 26.2 Å². The minimum absolute atomic E-state index is 0.0826. The lowest BCUT2D eigenvalue weighted by atomic mass is 9.85. The second kappa shape index (κ2) is 13.5. The maximum Gasteiger partial charge on any atom is 0.514 e. The third-order valence-corrected chi connectivity index (χ3v) is 10.9. The summed E-state index contributed by atoms with van der Waals surface area (Å²) < 4.78 is 24.2. The zero-order valence-corrected chi connectivity index (χ0v) is 31.4. The van der Waals surface area contributed by atoms with Gasteiger partial charge in [-0.15, -0.1) is 0 Å². The van der Waals surface area contributed by atoms with Gasteiger partial charge in [-0.2, -0.15) is 0 Å². The van der Waals surface area contributed by atoms with Crippen LogP contribution < -0.4 is 15.6 Å². The average Bonchev–Trinajstić information content (AvgIpc) is 3.76. The first-order chi connectivity index (χ1) is 25.9. The van der Waals surface area contributed by atoms with Gasteiger partial charge in [0.05, 0.1) is 29.0 Å². The normalized spacial score (nSPS) is 19.1. The van der Waals surface area contributed by atoms with Gasteiger partial charge < -0.3 is 33.7 Å². The summed E-state index contributed by atoms with van der Waals surface area (Å²) in [4.78, 5) is 63.0. The van der Waals surface area contributed by atoms with Crippen molar-refractivity contribution in [1.82, 2.24) is 24.7 Å². The first kappa shape index (κ1) is 35.7. The maximum absolute atomic E-state index is 14.2. The van der Waals surface area contributed by atoms with E-state index in [1.807, 2.05) is 6.92 Å². The highest BCUT2D eigenvalue weighted by Crippen LogP contribution is 2.43. The Labute approximate surface area is 313 Å². The molecule has 0 saturated carbocycles. The number of cyclic esters (lactones) is 1. The number of hydrogen-bond donors (Lipinski definition) is 1. The molecule has 1 atom stereocenters. The van der Waals surface area contributed by atoms with E-state index in [0.717, 1.165) is 36.1 Å². The second-order valence-electron chi connectivity index (χ2n) is 15.4. The number of nitrogens with zero attached hydrogens (tertiary/aromatic N) is 4. The van der Waals surface area contributed by atoms with Crippen LogP contribution in [0.5, 0.6) is 5.75 Å². The van der Waals surface area contributed by atoms with E-state index in [0.29, 0.717) is 60.8 Å². The number of aromatic nitrogens is 2. The monoisotopic (exact) mass is 735 g/mol. The van der Waals surface area contributed by atoms with Crippen LogP contribution in [0.2, 0.25) is 0 Å². The molecule has 4 aromatic rings. The standard InChI is InChI=1S/C41H45N5O8/c1-6-28-29-17-27(52-39(50)54-40(3,4)5)10-11-33(29)43-35-30(28)22-46-34(35)18-32-31(36(46)47)23-51-37(48)41(32,7-2)53-38(49)45-14-12-44(13-15-45)21-24-8-9-25-19-42-20-26(25)16-24/h8-11,16-18,42H,6-7,12-15,19-23H2,1-5H3. The molecule has 1 fully saturated rings. The van der Waals surface area contributed by atoms with Crippen molar-refractivity contribution in [2.45, 2.75) is 91.4 Å². The molecule has 282 valence electrons. The van der Waals surface area contributed by atoms with E-state index in [1.54, 1.807) is 61.4 Å². The number of esters is 1. The summed E-state index contributed by atoms with van der Waals surface area (Å²) >= 11 is 0. The fraction of sp³-hybridized carbons (Fsp3) is 0.439. The third kappa shape index (κ3) is 6.28. The van der Waals surface area contributed by atoms with Crippen molar-refractivity contribution in [3.05, 3.63) is 91.8 Å². The Balaban J connectivity index is 1.06. The minimum Gasteiger partial charge on any atom is -0.457 e. The maximum atomic E-state index is 14.2. The number of piperazine rings is 1. The molecule has 8 rings (SSSR count). The first-order valence-corrected chi connectivity index (χ1v) is 18.7. The zero-order chi connectivity index (χ0) is 37.9.